The molecule has 5 heteroatoms. The second kappa shape index (κ2) is 3.61. The molecule has 12 heavy (non-hydrogen) atoms. The van der Waals surface area contributed by atoms with Crippen LogP contribution in [-0.4, -0.2) is 6.43 Å². The monoisotopic (exact) mass is 188 g/mol. The highest BCUT2D eigenvalue weighted by Gasteiger charge is 2.18. The molecule has 1 aromatic rings. The zero-order valence-corrected chi connectivity index (χ0v) is 6.81. The van der Waals surface area contributed by atoms with Crippen molar-refractivity contribution < 1.29 is 8.78 Å². The van der Waals surface area contributed by atoms with Gasteiger partial charge in [0.1, 0.15) is 17.0 Å². The van der Waals surface area contributed by atoms with Crippen molar-refractivity contribution in [2.75, 3.05) is 0 Å². The molecular formula is C7H6F2N2S. The summed E-state index contributed by atoms with van der Waals surface area (Å²) in [5.41, 5.74) is 5.16. The summed E-state index contributed by atoms with van der Waals surface area (Å²) in [6.45, 7) is 0. The minimum Gasteiger partial charge on any atom is -0.319 e. The summed E-state index contributed by atoms with van der Waals surface area (Å²) in [6.07, 6.45) is -2.57. The molecule has 2 N–H and O–H groups in total. The van der Waals surface area contributed by atoms with Crippen LogP contribution in [0.1, 0.15) is 15.8 Å². The second-order valence-corrected chi connectivity index (χ2v) is 3.29. The van der Waals surface area contributed by atoms with Crippen molar-refractivity contribution in [3.05, 3.63) is 21.9 Å². The molecule has 2 nitrogen and oxygen atoms in total. The molecule has 1 rings (SSSR count). The molecule has 1 heterocycles. The van der Waals surface area contributed by atoms with Gasteiger partial charge in [-0.3, -0.25) is 0 Å². The van der Waals surface area contributed by atoms with E-state index in [1.807, 2.05) is 6.07 Å². The highest BCUT2D eigenvalue weighted by Crippen LogP contribution is 2.25. The third kappa shape index (κ3) is 1.78. The van der Waals surface area contributed by atoms with E-state index < -0.39 is 12.5 Å². The Bertz CT molecular complexity index is 303. The average Bonchev–Trinajstić information content (AvgIpc) is 2.50. The van der Waals surface area contributed by atoms with Gasteiger partial charge in [-0.15, -0.1) is 11.3 Å². The predicted molar refractivity (Wildman–Crippen MR) is 42.0 cm³/mol. The number of rotatable bonds is 2. The van der Waals surface area contributed by atoms with Crippen molar-refractivity contribution in [1.82, 2.24) is 0 Å². The Labute approximate surface area is 72.2 Å². The van der Waals surface area contributed by atoms with Gasteiger partial charge in [0.15, 0.2) is 0 Å². The summed E-state index contributed by atoms with van der Waals surface area (Å²) < 4.78 is 24.1. The molecule has 0 radical (unpaired) electrons. The Balaban J connectivity index is 2.83. The first kappa shape index (κ1) is 9.10. The first-order valence-electron chi connectivity index (χ1n) is 3.18. The maximum absolute atomic E-state index is 12.0. The summed E-state index contributed by atoms with van der Waals surface area (Å²) in [5, 5.41) is 8.40. The molecule has 1 unspecified atom stereocenters. The van der Waals surface area contributed by atoms with E-state index in [9.17, 15) is 8.78 Å². The topological polar surface area (TPSA) is 49.8 Å². The summed E-state index contributed by atoms with van der Waals surface area (Å²) >= 11 is 1.00. The molecule has 0 aliphatic carbocycles. The molecular weight excluding hydrogens is 182 g/mol. The first-order chi connectivity index (χ1) is 5.65. The molecule has 0 saturated heterocycles. The molecule has 64 valence electrons. The SMILES string of the molecule is N#Cc1ccc(C(N)C(F)F)s1. The van der Waals surface area contributed by atoms with Crippen molar-refractivity contribution in [3.8, 4) is 6.07 Å². The molecule has 0 aromatic carbocycles. The van der Waals surface area contributed by atoms with Gasteiger partial charge in [-0.05, 0) is 12.1 Å². The maximum Gasteiger partial charge on any atom is 0.258 e. The van der Waals surface area contributed by atoms with Crippen LogP contribution in [0.3, 0.4) is 0 Å². The number of nitrogens with zero attached hydrogens (tertiary/aromatic N) is 1. The average molecular weight is 188 g/mol. The van der Waals surface area contributed by atoms with Gasteiger partial charge in [-0.1, -0.05) is 0 Å². The predicted octanol–water partition coefficient (Wildman–Crippen LogP) is 1.88. The van der Waals surface area contributed by atoms with E-state index in [0.717, 1.165) is 11.3 Å². The Morgan fingerprint density at radius 2 is 2.17 bits per heavy atom. The van der Waals surface area contributed by atoms with E-state index in [1.165, 1.54) is 12.1 Å². The number of nitrogens with two attached hydrogens (primary N) is 1. The van der Waals surface area contributed by atoms with Crippen LogP contribution in [0.25, 0.3) is 0 Å². The lowest BCUT2D eigenvalue weighted by molar-refractivity contribution is 0.118. The first-order valence-corrected chi connectivity index (χ1v) is 4.00. The lowest BCUT2D eigenvalue weighted by Crippen LogP contribution is -2.17. The molecule has 1 atom stereocenters. The van der Waals surface area contributed by atoms with E-state index in [2.05, 4.69) is 0 Å². The molecule has 0 aliphatic rings. The second-order valence-electron chi connectivity index (χ2n) is 2.17. The number of hydrogen-bond acceptors (Lipinski definition) is 3. The molecule has 0 amide bonds. The van der Waals surface area contributed by atoms with E-state index in [1.54, 1.807) is 0 Å². The fourth-order valence-corrected chi connectivity index (χ4v) is 1.53. The Morgan fingerprint density at radius 1 is 1.50 bits per heavy atom. The van der Waals surface area contributed by atoms with Gasteiger partial charge in [0, 0.05) is 4.88 Å². The summed E-state index contributed by atoms with van der Waals surface area (Å²) in [6, 6.07) is 3.54. The van der Waals surface area contributed by atoms with Crippen LogP contribution in [0, 0.1) is 11.3 Å². The van der Waals surface area contributed by atoms with Crippen molar-refractivity contribution in [3.63, 3.8) is 0 Å². The number of alkyl halides is 2. The van der Waals surface area contributed by atoms with Crippen LogP contribution < -0.4 is 5.73 Å². The molecule has 0 spiro atoms. The number of nitriles is 1. The van der Waals surface area contributed by atoms with Crippen molar-refractivity contribution in [2.24, 2.45) is 5.73 Å². The smallest absolute Gasteiger partial charge is 0.258 e. The van der Waals surface area contributed by atoms with E-state index in [0.29, 0.717) is 9.75 Å². The van der Waals surface area contributed by atoms with Gasteiger partial charge in [-0.2, -0.15) is 5.26 Å². The summed E-state index contributed by atoms with van der Waals surface area (Å²) in [4.78, 5) is 0.752. The van der Waals surface area contributed by atoms with Gasteiger partial charge in [0.2, 0.25) is 0 Å². The van der Waals surface area contributed by atoms with E-state index >= 15 is 0 Å². The fourth-order valence-electron chi connectivity index (χ4n) is 0.716. The highest BCUT2D eigenvalue weighted by molar-refractivity contribution is 7.12. The van der Waals surface area contributed by atoms with Crippen LogP contribution in [-0.2, 0) is 0 Å². The molecule has 0 fully saturated rings. The van der Waals surface area contributed by atoms with E-state index in [-0.39, 0.29) is 0 Å². The van der Waals surface area contributed by atoms with E-state index in [4.69, 9.17) is 11.0 Å². The minimum atomic E-state index is -2.57. The standard InChI is InChI=1S/C7H6F2N2S/c8-7(9)6(11)5-2-1-4(3-10)12-5/h1-2,6-7H,11H2. The van der Waals surface area contributed by atoms with Gasteiger partial charge < -0.3 is 5.73 Å². The molecule has 0 bridgehead atoms. The maximum atomic E-state index is 12.0. The summed E-state index contributed by atoms with van der Waals surface area (Å²) in [5.74, 6) is 0. The van der Waals surface area contributed by atoms with Gasteiger partial charge >= 0.3 is 0 Å². The fraction of sp³-hybridized carbons (Fsp3) is 0.286. The Morgan fingerprint density at radius 3 is 2.58 bits per heavy atom. The number of thiophene rings is 1. The zero-order valence-electron chi connectivity index (χ0n) is 6.00. The van der Waals surface area contributed by atoms with Crippen molar-refractivity contribution in [2.45, 2.75) is 12.5 Å². The van der Waals surface area contributed by atoms with Crippen LogP contribution in [0.4, 0.5) is 8.78 Å². The third-order valence-corrected chi connectivity index (χ3v) is 2.43. The number of halogens is 2. The highest BCUT2D eigenvalue weighted by atomic mass is 32.1. The quantitative estimate of drug-likeness (QED) is 0.770. The van der Waals surface area contributed by atoms with Crippen molar-refractivity contribution in [1.29, 1.82) is 5.26 Å². The molecule has 0 aliphatic heterocycles. The van der Waals surface area contributed by atoms with Crippen LogP contribution >= 0.6 is 11.3 Å². The van der Waals surface area contributed by atoms with Crippen molar-refractivity contribution >= 4 is 11.3 Å². The third-order valence-electron chi connectivity index (χ3n) is 1.34. The van der Waals surface area contributed by atoms with Gasteiger partial charge in [0.05, 0.1) is 0 Å². The van der Waals surface area contributed by atoms with Crippen LogP contribution in [0.2, 0.25) is 0 Å². The minimum absolute atomic E-state index is 0.349. The number of hydrogen-bond donors (Lipinski definition) is 1. The Kier molecular flexibility index (Phi) is 2.74. The lowest BCUT2D eigenvalue weighted by Gasteiger charge is -2.05. The van der Waals surface area contributed by atoms with Gasteiger partial charge in [0.25, 0.3) is 6.43 Å². The largest absolute Gasteiger partial charge is 0.319 e. The molecule has 0 saturated carbocycles. The zero-order chi connectivity index (χ0) is 9.14. The Hall–Kier alpha value is -0.990. The van der Waals surface area contributed by atoms with Crippen LogP contribution in [0.15, 0.2) is 12.1 Å². The normalized spacial score (nSPS) is 12.9. The van der Waals surface area contributed by atoms with Gasteiger partial charge in [-0.25, -0.2) is 8.78 Å². The van der Waals surface area contributed by atoms with Crippen LogP contribution in [0.5, 0.6) is 0 Å². The lowest BCUT2D eigenvalue weighted by atomic mass is 10.3. The molecule has 1 aromatic heterocycles. The summed E-state index contributed by atoms with van der Waals surface area (Å²) in [7, 11) is 0.